The van der Waals surface area contributed by atoms with E-state index in [4.69, 9.17) is 0 Å². The summed E-state index contributed by atoms with van der Waals surface area (Å²) in [6.07, 6.45) is 6.12. The van der Waals surface area contributed by atoms with Gasteiger partial charge in [0.15, 0.2) is 0 Å². The molecule has 1 aliphatic carbocycles. The molecule has 1 N–H and O–H groups in total. The minimum absolute atomic E-state index is 0.0848. The van der Waals surface area contributed by atoms with Crippen LogP contribution in [0.25, 0.3) is 0 Å². The van der Waals surface area contributed by atoms with Crippen molar-refractivity contribution in [3.05, 3.63) is 35.1 Å². The van der Waals surface area contributed by atoms with Gasteiger partial charge in [0, 0.05) is 6.04 Å². The Morgan fingerprint density at radius 3 is 2.94 bits per heavy atom. The number of hydrogen-bond acceptors (Lipinski definition) is 1. The Morgan fingerprint density at radius 1 is 1.25 bits per heavy atom. The van der Waals surface area contributed by atoms with Crippen molar-refractivity contribution in [3.63, 3.8) is 0 Å². The van der Waals surface area contributed by atoms with Gasteiger partial charge in [0.2, 0.25) is 0 Å². The molecular formula is C14H18FN. The predicted molar refractivity (Wildman–Crippen MR) is 62.9 cm³/mol. The summed E-state index contributed by atoms with van der Waals surface area (Å²) in [6, 6.07) is 5.99. The molecule has 2 atom stereocenters. The van der Waals surface area contributed by atoms with Crippen LogP contribution in [0.1, 0.15) is 30.4 Å². The fraction of sp³-hybridized carbons (Fsp3) is 0.571. The van der Waals surface area contributed by atoms with E-state index < -0.39 is 0 Å². The minimum Gasteiger partial charge on any atom is -0.314 e. The number of rotatable bonds is 2. The van der Waals surface area contributed by atoms with Gasteiger partial charge in [-0.2, -0.15) is 0 Å². The van der Waals surface area contributed by atoms with E-state index in [9.17, 15) is 4.39 Å². The molecule has 2 unspecified atom stereocenters. The van der Waals surface area contributed by atoms with Crippen LogP contribution in [0.2, 0.25) is 0 Å². The van der Waals surface area contributed by atoms with Crippen LogP contribution in [0.15, 0.2) is 18.2 Å². The Kier molecular flexibility index (Phi) is 2.68. The quantitative estimate of drug-likeness (QED) is 0.806. The molecule has 3 rings (SSSR count). The number of hydrogen-bond donors (Lipinski definition) is 1. The first-order chi connectivity index (χ1) is 7.81. The van der Waals surface area contributed by atoms with Crippen molar-refractivity contribution in [2.24, 2.45) is 5.92 Å². The molecular weight excluding hydrogens is 201 g/mol. The first kappa shape index (κ1) is 10.3. The molecule has 2 aliphatic rings. The Hall–Kier alpha value is -0.890. The van der Waals surface area contributed by atoms with E-state index in [1.54, 1.807) is 12.1 Å². The monoisotopic (exact) mass is 219 g/mol. The zero-order valence-corrected chi connectivity index (χ0v) is 9.51. The number of benzene rings is 1. The smallest absolute Gasteiger partial charge is 0.123 e. The second kappa shape index (κ2) is 4.17. The Bertz CT molecular complexity index is 382. The fourth-order valence-electron chi connectivity index (χ4n) is 3.20. The zero-order valence-electron chi connectivity index (χ0n) is 9.51. The molecule has 1 nitrogen and oxygen atoms in total. The van der Waals surface area contributed by atoms with Gasteiger partial charge >= 0.3 is 0 Å². The van der Waals surface area contributed by atoms with Crippen LogP contribution in [0.5, 0.6) is 0 Å². The zero-order chi connectivity index (χ0) is 11.0. The lowest BCUT2D eigenvalue weighted by Gasteiger charge is -2.15. The van der Waals surface area contributed by atoms with Gasteiger partial charge in [0.25, 0.3) is 0 Å². The number of nitrogens with one attached hydrogen (secondary N) is 1. The predicted octanol–water partition coefficient (Wildman–Crippen LogP) is 2.68. The molecule has 2 heteroatoms. The Morgan fingerprint density at radius 2 is 2.12 bits per heavy atom. The van der Waals surface area contributed by atoms with E-state index in [0.29, 0.717) is 6.04 Å². The van der Waals surface area contributed by atoms with Crippen LogP contribution in [-0.2, 0) is 12.8 Å². The molecule has 0 spiro atoms. The summed E-state index contributed by atoms with van der Waals surface area (Å²) in [7, 11) is 0. The molecule has 86 valence electrons. The second-order valence-electron chi connectivity index (χ2n) is 5.22. The maximum Gasteiger partial charge on any atom is 0.123 e. The van der Waals surface area contributed by atoms with Gasteiger partial charge in [-0.1, -0.05) is 6.07 Å². The first-order valence-corrected chi connectivity index (χ1v) is 6.32. The van der Waals surface area contributed by atoms with Crippen molar-refractivity contribution in [2.75, 3.05) is 6.54 Å². The first-order valence-electron chi connectivity index (χ1n) is 6.32. The summed E-state index contributed by atoms with van der Waals surface area (Å²) in [5.74, 6) is 0.644. The topological polar surface area (TPSA) is 12.0 Å². The van der Waals surface area contributed by atoms with Gasteiger partial charge in [0.05, 0.1) is 0 Å². The molecule has 1 fully saturated rings. The van der Waals surface area contributed by atoms with E-state index in [-0.39, 0.29) is 5.82 Å². The third-order valence-electron chi connectivity index (χ3n) is 3.97. The van der Waals surface area contributed by atoms with Crippen molar-refractivity contribution < 1.29 is 4.39 Å². The summed E-state index contributed by atoms with van der Waals surface area (Å²) < 4.78 is 13.1. The fourth-order valence-corrected chi connectivity index (χ4v) is 3.20. The molecule has 0 aromatic heterocycles. The molecule has 16 heavy (non-hydrogen) atoms. The van der Waals surface area contributed by atoms with Crippen molar-refractivity contribution in [1.29, 1.82) is 0 Å². The number of halogens is 1. The largest absolute Gasteiger partial charge is 0.314 e. The van der Waals surface area contributed by atoms with Gasteiger partial charge in [-0.05, 0) is 67.8 Å². The molecule has 0 amide bonds. The van der Waals surface area contributed by atoms with Crippen LogP contribution in [0.3, 0.4) is 0 Å². The van der Waals surface area contributed by atoms with Gasteiger partial charge in [0.1, 0.15) is 5.82 Å². The third kappa shape index (κ3) is 1.99. The Labute approximate surface area is 96.1 Å². The van der Waals surface area contributed by atoms with Crippen molar-refractivity contribution in [2.45, 2.75) is 38.1 Å². The maximum absolute atomic E-state index is 13.1. The lowest BCUT2D eigenvalue weighted by Crippen LogP contribution is -2.24. The van der Waals surface area contributed by atoms with Crippen molar-refractivity contribution >= 4 is 0 Å². The standard InChI is InChI=1S/C14H18FN/c15-13-4-3-11-6-10(7-12(11)9-13)8-14-2-1-5-16-14/h3-4,9-10,14,16H,1-2,5-8H2. The van der Waals surface area contributed by atoms with E-state index in [1.807, 2.05) is 6.07 Å². The summed E-state index contributed by atoms with van der Waals surface area (Å²) in [6.45, 7) is 1.18. The van der Waals surface area contributed by atoms with Gasteiger partial charge in [-0.3, -0.25) is 0 Å². The van der Waals surface area contributed by atoms with E-state index >= 15 is 0 Å². The third-order valence-corrected chi connectivity index (χ3v) is 3.97. The van der Waals surface area contributed by atoms with E-state index in [0.717, 1.165) is 18.8 Å². The van der Waals surface area contributed by atoms with Crippen LogP contribution < -0.4 is 5.32 Å². The van der Waals surface area contributed by atoms with Crippen LogP contribution in [-0.4, -0.2) is 12.6 Å². The lowest BCUT2D eigenvalue weighted by molar-refractivity contribution is 0.425. The van der Waals surface area contributed by atoms with Crippen LogP contribution in [0.4, 0.5) is 4.39 Å². The molecule has 1 aromatic carbocycles. The van der Waals surface area contributed by atoms with Gasteiger partial charge in [-0.25, -0.2) is 4.39 Å². The molecule has 1 heterocycles. The minimum atomic E-state index is -0.0848. The SMILES string of the molecule is Fc1ccc2c(c1)CC(CC1CCCN1)C2. The average Bonchev–Trinajstić information content (AvgIpc) is 2.86. The highest BCUT2D eigenvalue weighted by Crippen LogP contribution is 2.31. The van der Waals surface area contributed by atoms with E-state index in [2.05, 4.69) is 5.32 Å². The van der Waals surface area contributed by atoms with Crippen molar-refractivity contribution in [1.82, 2.24) is 5.32 Å². The second-order valence-corrected chi connectivity index (χ2v) is 5.22. The summed E-state index contributed by atoms with van der Waals surface area (Å²) in [5, 5.41) is 3.55. The number of fused-ring (bicyclic) bond motifs is 1. The van der Waals surface area contributed by atoms with E-state index in [1.165, 1.54) is 36.9 Å². The molecule has 0 bridgehead atoms. The maximum atomic E-state index is 13.1. The highest BCUT2D eigenvalue weighted by molar-refractivity contribution is 5.32. The summed E-state index contributed by atoms with van der Waals surface area (Å²) >= 11 is 0. The average molecular weight is 219 g/mol. The van der Waals surface area contributed by atoms with Crippen molar-refractivity contribution in [3.8, 4) is 0 Å². The normalized spacial score (nSPS) is 28.3. The van der Waals surface area contributed by atoms with Gasteiger partial charge < -0.3 is 5.32 Å². The lowest BCUT2D eigenvalue weighted by atomic mass is 9.96. The molecule has 1 aliphatic heterocycles. The Balaban J connectivity index is 1.65. The molecule has 1 aromatic rings. The highest BCUT2D eigenvalue weighted by Gasteiger charge is 2.25. The summed E-state index contributed by atoms with van der Waals surface area (Å²) in [5.41, 5.74) is 2.60. The molecule has 1 saturated heterocycles. The molecule has 0 radical (unpaired) electrons. The molecule has 0 saturated carbocycles. The van der Waals surface area contributed by atoms with Crippen LogP contribution >= 0.6 is 0 Å². The summed E-state index contributed by atoms with van der Waals surface area (Å²) in [4.78, 5) is 0. The highest BCUT2D eigenvalue weighted by atomic mass is 19.1. The van der Waals surface area contributed by atoms with Crippen LogP contribution in [0, 0.1) is 11.7 Å². The van der Waals surface area contributed by atoms with Gasteiger partial charge in [-0.15, -0.1) is 0 Å².